The van der Waals surface area contributed by atoms with Crippen molar-refractivity contribution in [2.75, 3.05) is 0 Å². The van der Waals surface area contributed by atoms with Crippen molar-refractivity contribution < 1.29 is 9.59 Å². The van der Waals surface area contributed by atoms with Gasteiger partial charge in [-0.2, -0.15) is 0 Å². The van der Waals surface area contributed by atoms with Crippen LogP contribution in [0.3, 0.4) is 0 Å². The van der Waals surface area contributed by atoms with Crippen molar-refractivity contribution >= 4 is 11.8 Å². The summed E-state index contributed by atoms with van der Waals surface area (Å²) in [5.41, 5.74) is 0.248. The van der Waals surface area contributed by atoms with Gasteiger partial charge in [-0.25, -0.2) is 10.9 Å². The van der Waals surface area contributed by atoms with Gasteiger partial charge in [0.1, 0.15) is 0 Å². The molecule has 0 radical (unpaired) electrons. The highest BCUT2D eigenvalue weighted by Gasteiger charge is 2.12. The zero-order chi connectivity index (χ0) is 8.31. The van der Waals surface area contributed by atoms with Gasteiger partial charge in [-0.1, -0.05) is 6.58 Å². The predicted molar refractivity (Wildman–Crippen MR) is 36.5 cm³/mol. The Bertz CT molecular complexity index is 186. The van der Waals surface area contributed by atoms with Gasteiger partial charge in [-0.15, -0.1) is 0 Å². The molecular weight excluding hydrogens is 132 g/mol. The number of hydrogen-bond acceptors (Lipinski definition) is 3. The van der Waals surface area contributed by atoms with Gasteiger partial charge in [0.2, 0.25) is 5.91 Å². The standard InChI is InChI=1S/C6H10N2O2/c1-4(2)6(10)8(7)5(3)9/h1,7H2,2-3H3. The number of amides is 2. The number of carbonyl (C=O) groups is 2. The zero-order valence-electron chi connectivity index (χ0n) is 6.05. The lowest BCUT2D eigenvalue weighted by Gasteiger charge is -2.10. The van der Waals surface area contributed by atoms with Crippen LogP contribution in [-0.4, -0.2) is 16.8 Å². The van der Waals surface area contributed by atoms with Crippen LogP contribution in [-0.2, 0) is 9.59 Å². The minimum absolute atomic E-state index is 0.248. The van der Waals surface area contributed by atoms with E-state index in [0.29, 0.717) is 5.01 Å². The molecule has 0 saturated carbocycles. The lowest BCUT2D eigenvalue weighted by atomic mass is 10.3. The van der Waals surface area contributed by atoms with Crippen molar-refractivity contribution in [2.24, 2.45) is 5.84 Å². The Morgan fingerprint density at radius 3 is 1.90 bits per heavy atom. The van der Waals surface area contributed by atoms with Crippen molar-refractivity contribution in [1.82, 2.24) is 5.01 Å². The van der Waals surface area contributed by atoms with Gasteiger partial charge < -0.3 is 0 Å². The number of hydrazine groups is 1. The van der Waals surface area contributed by atoms with E-state index in [-0.39, 0.29) is 5.57 Å². The van der Waals surface area contributed by atoms with Crippen molar-refractivity contribution in [3.05, 3.63) is 12.2 Å². The van der Waals surface area contributed by atoms with Crippen LogP contribution in [0, 0.1) is 0 Å². The first-order valence-corrected chi connectivity index (χ1v) is 2.72. The second kappa shape index (κ2) is 3.12. The molecule has 0 aromatic heterocycles. The van der Waals surface area contributed by atoms with E-state index in [2.05, 4.69) is 6.58 Å². The molecule has 10 heavy (non-hydrogen) atoms. The predicted octanol–water partition coefficient (Wildman–Crippen LogP) is -0.189. The monoisotopic (exact) mass is 142 g/mol. The summed E-state index contributed by atoms with van der Waals surface area (Å²) in [5, 5.41) is 0.530. The summed E-state index contributed by atoms with van der Waals surface area (Å²) in [5.74, 6) is 3.99. The smallest absolute Gasteiger partial charge is 0.269 e. The van der Waals surface area contributed by atoms with Gasteiger partial charge >= 0.3 is 0 Å². The molecule has 0 spiro atoms. The number of carbonyl (C=O) groups excluding carboxylic acids is 2. The summed E-state index contributed by atoms with van der Waals surface area (Å²) in [7, 11) is 0. The third-order valence-corrected chi connectivity index (χ3v) is 0.923. The van der Waals surface area contributed by atoms with E-state index in [1.807, 2.05) is 0 Å². The lowest BCUT2D eigenvalue weighted by molar-refractivity contribution is -0.141. The van der Waals surface area contributed by atoms with Crippen molar-refractivity contribution in [3.63, 3.8) is 0 Å². The quantitative estimate of drug-likeness (QED) is 0.239. The zero-order valence-corrected chi connectivity index (χ0v) is 6.05. The molecule has 0 aromatic carbocycles. The summed E-state index contributed by atoms with van der Waals surface area (Å²) in [6.45, 7) is 6.04. The van der Waals surface area contributed by atoms with Gasteiger partial charge in [0.15, 0.2) is 0 Å². The SMILES string of the molecule is C=C(C)C(=O)N(N)C(C)=O. The Balaban J connectivity index is 4.22. The fraction of sp³-hybridized carbons (Fsp3) is 0.333. The minimum Gasteiger partial charge on any atom is -0.273 e. The van der Waals surface area contributed by atoms with Gasteiger partial charge in [0.05, 0.1) is 0 Å². The van der Waals surface area contributed by atoms with Crippen LogP contribution in [0.1, 0.15) is 13.8 Å². The highest BCUT2D eigenvalue weighted by Crippen LogP contribution is 1.92. The van der Waals surface area contributed by atoms with Crippen LogP contribution in [0.25, 0.3) is 0 Å². The van der Waals surface area contributed by atoms with Gasteiger partial charge in [0.25, 0.3) is 5.91 Å². The fourth-order valence-corrected chi connectivity index (χ4v) is 0.349. The molecule has 0 saturated heterocycles. The van der Waals surface area contributed by atoms with Gasteiger partial charge in [0, 0.05) is 12.5 Å². The molecular formula is C6H10N2O2. The maximum absolute atomic E-state index is 10.8. The van der Waals surface area contributed by atoms with Crippen molar-refractivity contribution in [2.45, 2.75) is 13.8 Å². The molecule has 2 amide bonds. The van der Waals surface area contributed by atoms with Crippen LogP contribution in [0.5, 0.6) is 0 Å². The Morgan fingerprint density at radius 1 is 1.40 bits per heavy atom. The molecule has 4 heteroatoms. The number of imide groups is 1. The van der Waals surface area contributed by atoms with Gasteiger partial charge in [-0.05, 0) is 6.92 Å². The summed E-state index contributed by atoms with van der Waals surface area (Å²) in [6, 6.07) is 0. The van der Waals surface area contributed by atoms with Crippen LogP contribution in [0.4, 0.5) is 0 Å². The largest absolute Gasteiger partial charge is 0.273 e. The highest BCUT2D eigenvalue weighted by molar-refractivity contribution is 6.02. The average Bonchev–Trinajstić information content (AvgIpc) is 1.84. The van der Waals surface area contributed by atoms with Crippen LogP contribution in [0.15, 0.2) is 12.2 Å². The summed E-state index contributed by atoms with van der Waals surface area (Å²) in [4.78, 5) is 21.2. The Labute approximate surface area is 59.3 Å². The number of rotatable bonds is 1. The van der Waals surface area contributed by atoms with E-state index in [1.54, 1.807) is 0 Å². The normalized spacial score (nSPS) is 8.70. The summed E-state index contributed by atoms with van der Waals surface area (Å²) < 4.78 is 0. The third kappa shape index (κ3) is 1.99. The molecule has 0 rings (SSSR count). The van der Waals surface area contributed by atoms with E-state index in [0.717, 1.165) is 0 Å². The first-order chi connectivity index (χ1) is 4.46. The Hall–Kier alpha value is -1.16. The van der Waals surface area contributed by atoms with Crippen LogP contribution in [0.2, 0.25) is 0 Å². The second-order valence-electron chi connectivity index (χ2n) is 1.97. The van der Waals surface area contributed by atoms with Crippen LogP contribution < -0.4 is 5.84 Å². The van der Waals surface area contributed by atoms with E-state index >= 15 is 0 Å². The molecule has 0 atom stereocenters. The Kier molecular flexibility index (Phi) is 2.76. The second-order valence-corrected chi connectivity index (χ2v) is 1.97. The molecule has 0 heterocycles. The molecule has 0 aromatic rings. The maximum atomic E-state index is 10.8. The molecule has 0 unspecified atom stereocenters. The molecule has 0 aliphatic heterocycles. The summed E-state index contributed by atoms with van der Waals surface area (Å²) in [6.07, 6.45) is 0. The molecule has 0 fully saturated rings. The van der Waals surface area contributed by atoms with E-state index < -0.39 is 11.8 Å². The van der Waals surface area contributed by atoms with Crippen molar-refractivity contribution in [1.29, 1.82) is 0 Å². The summed E-state index contributed by atoms with van der Waals surface area (Å²) >= 11 is 0. The number of nitrogens with two attached hydrogens (primary N) is 1. The molecule has 0 aliphatic carbocycles. The topological polar surface area (TPSA) is 63.4 Å². The van der Waals surface area contributed by atoms with Gasteiger partial charge in [-0.3, -0.25) is 9.59 Å². The van der Waals surface area contributed by atoms with E-state index in [4.69, 9.17) is 5.84 Å². The number of hydrogen-bond donors (Lipinski definition) is 1. The first-order valence-electron chi connectivity index (χ1n) is 2.72. The number of nitrogens with zero attached hydrogens (tertiary/aromatic N) is 1. The molecule has 2 N–H and O–H groups in total. The molecule has 0 bridgehead atoms. The van der Waals surface area contributed by atoms with E-state index in [9.17, 15) is 9.59 Å². The molecule has 56 valence electrons. The minimum atomic E-state index is -0.549. The lowest BCUT2D eigenvalue weighted by Crippen LogP contribution is -2.41. The fourth-order valence-electron chi connectivity index (χ4n) is 0.349. The highest BCUT2D eigenvalue weighted by atomic mass is 16.2. The average molecular weight is 142 g/mol. The third-order valence-electron chi connectivity index (χ3n) is 0.923. The van der Waals surface area contributed by atoms with E-state index in [1.165, 1.54) is 13.8 Å². The first kappa shape index (κ1) is 8.84. The molecule has 0 aliphatic rings. The molecule has 4 nitrogen and oxygen atoms in total. The van der Waals surface area contributed by atoms with Crippen molar-refractivity contribution in [3.8, 4) is 0 Å². The van der Waals surface area contributed by atoms with Crippen LogP contribution >= 0.6 is 0 Å². The maximum Gasteiger partial charge on any atom is 0.269 e. The Morgan fingerprint density at radius 2 is 1.80 bits per heavy atom.